The topological polar surface area (TPSA) is 109 Å². The second kappa shape index (κ2) is 12.3. The summed E-state index contributed by atoms with van der Waals surface area (Å²) in [6.07, 6.45) is 0.363. The minimum absolute atomic E-state index is 0.0696. The van der Waals surface area contributed by atoms with E-state index in [2.05, 4.69) is 37.4 Å². The van der Waals surface area contributed by atoms with Crippen LogP contribution in [0.1, 0.15) is 54.6 Å². The van der Waals surface area contributed by atoms with Gasteiger partial charge in [0.25, 0.3) is 11.8 Å². The third-order valence-electron chi connectivity index (χ3n) is 4.57. The van der Waals surface area contributed by atoms with Gasteiger partial charge in [0.15, 0.2) is 11.7 Å². The fourth-order valence-corrected chi connectivity index (χ4v) is 3.25. The van der Waals surface area contributed by atoms with Gasteiger partial charge < -0.3 is 10.1 Å². The van der Waals surface area contributed by atoms with Crippen LogP contribution >= 0.6 is 28.1 Å². The Morgan fingerprint density at radius 3 is 2.33 bits per heavy atom. The summed E-state index contributed by atoms with van der Waals surface area (Å²) in [4.78, 5) is 35.8. The summed E-state index contributed by atoms with van der Waals surface area (Å²) in [5, 5.41) is 5.08. The summed E-state index contributed by atoms with van der Waals surface area (Å²) in [6.45, 7) is 7.54. The van der Waals surface area contributed by atoms with Gasteiger partial charge in [-0.15, -0.1) is 0 Å². The number of carbonyl (C=O) groups excluding carboxylic acids is 3. The van der Waals surface area contributed by atoms with Gasteiger partial charge in [0, 0.05) is 22.1 Å². The molecule has 0 fully saturated rings. The number of carbonyl (C=O) groups is 3. The Hall–Kier alpha value is -2.98. The molecular formula is C23H27BrN4O4S. The number of hydrazine groups is 1. The Labute approximate surface area is 206 Å². The first-order chi connectivity index (χ1) is 15.6. The van der Waals surface area contributed by atoms with Crippen molar-refractivity contribution in [3.63, 3.8) is 0 Å². The molecule has 0 aliphatic rings. The molecule has 4 N–H and O–H groups in total. The maximum Gasteiger partial charge on any atom is 0.269 e. The van der Waals surface area contributed by atoms with Crippen LogP contribution < -0.4 is 26.2 Å². The molecule has 176 valence electrons. The van der Waals surface area contributed by atoms with Crippen molar-refractivity contribution < 1.29 is 19.1 Å². The molecule has 2 rings (SSSR count). The van der Waals surface area contributed by atoms with Crippen LogP contribution in [0.2, 0.25) is 0 Å². The van der Waals surface area contributed by atoms with Crippen molar-refractivity contribution in [2.75, 3.05) is 11.9 Å². The van der Waals surface area contributed by atoms with Gasteiger partial charge in [-0.3, -0.25) is 30.6 Å². The van der Waals surface area contributed by atoms with Gasteiger partial charge >= 0.3 is 0 Å². The highest BCUT2D eigenvalue weighted by Crippen LogP contribution is 2.32. The Bertz CT molecular complexity index is 1040. The van der Waals surface area contributed by atoms with Crippen LogP contribution in [0.5, 0.6) is 5.75 Å². The number of aryl methyl sites for hydroxylation is 1. The maximum absolute atomic E-state index is 12.2. The van der Waals surface area contributed by atoms with Crippen molar-refractivity contribution in [3.8, 4) is 5.75 Å². The molecule has 2 aromatic carbocycles. The lowest BCUT2D eigenvalue weighted by Gasteiger charge is -2.16. The number of nitrogens with one attached hydrogen (secondary N) is 4. The summed E-state index contributed by atoms with van der Waals surface area (Å²) in [5.74, 6) is -0.188. The second-order valence-electron chi connectivity index (χ2n) is 7.52. The number of thiocarbonyl (C=S) groups is 1. The summed E-state index contributed by atoms with van der Waals surface area (Å²) in [5.41, 5.74) is 7.81. The van der Waals surface area contributed by atoms with Crippen LogP contribution in [0.3, 0.4) is 0 Å². The molecule has 10 heteroatoms. The van der Waals surface area contributed by atoms with E-state index in [1.165, 1.54) is 0 Å². The van der Waals surface area contributed by atoms with Crippen LogP contribution in [0.25, 0.3) is 0 Å². The van der Waals surface area contributed by atoms with E-state index in [4.69, 9.17) is 17.0 Å². The van der Waals surface area contributed by atoms with E-state index in [-0.39, 0.29) is 23.5 Å². The molecule has 0 aromatic heterocycles. The lowest BCUT2D eigenvalue weighted by atomic mass is 10.0. The van der Waals surface area contributed by atoms with Crippen LogP contribution in [0.15, 0.2) is 40.9 Å². The third kappa shape index (κ3) is 8.14. The van der Waals surface area contributed by atoms with Gasteiger partial charge in [-0.05, 0) is 72.6 Å². The molecule has 0 atom stereocenters. The van der Waals surface area contributed by atoms with Crippen molar-refractivity contribution in [3.05, 3.63) is 57.6 Å². The quantitative estimate of drug-likeness (QED) is 0.316. The van der Waals surface area contributed by atoms with E-state index < -0.39 is 11.8 Å². The highest BCUT2D eigenvalue weighted by atomic mass is 79.9. The first-order valence-electron chi connectivity index (χ1n) is 10.3. The lowest BCUT2D eigenvalue weighted by Crippen LogP contribution is -2.49. The number of anilines is 1. The zero-order valence-electron chi connectivity index (χ0n) is 18.9. The summed E-state index contributed by atoms with van der Waals surface area (Å²) in [6, 6.07) is 10.2. The molecule has 0 heterocycles. The number of rotatable bonds is 7. The van der Waals surface area contributed by atoms with E-state index in [1.807, 2.05) is 32.9 Å². The molecule has 0 unspecified atom stereocenters. The van der Waals surface area contributed by atoms with Crippen LogP contribution in [0, 0.1) is 6.92 Å². The lowest BCUT2D eigenvalue weighted by molar-refractivity contribution is -0.121. The fraction of sp³-hybridized carbons (Fsp3) is 0.304. The number of hydrogen-bond acceptors (Lipinski definition) is 5. The fourth-order valence-electron chi connectivity index (χ4n) is 2.72. The Kier molecular flexibility index (Phi) is 9.80. The van der Waals surface area contributed by atoms with Gasteiger partial charge in [-0.1, -0.05) is 36.7 Å². The highest BCUT2D eigenvalue weighted by Gasteiger charge is 2.14. The molecule has 0 bridgehead atoms. The molecule has 8 nitrogen and oxygen atoms in total. The van der Waals surface area contributed by atoms with Gasteiger partial charge in [0.2, 0.25) is 5.91 Å². The zero-order valence-corrected chi connectivity index (χ0v) is 21.3. The Morgan fingerprint density at radius 2 is 1.73 bits per heavy atom. The second-order valence-corrected chi connectivity index (χ2v) is 8.78. The highest BCUT2D eigenvalue weighted by molar-refractivity contribution is 9.10. The summed E-state index contributed by atoms with van der Waals surface area (Å²) < 4.78 is 6.68. The molecule has 3 amide bonds. The minimum Gasteiger partial charge on any atom is -0.483 e. The van der Waals surface area contributed by atoms with Gasteiger partial charge in [-0.2, -0.15) is 0 Å². The zero-order chi connectivity index (χ0) is 24.5. The molecular weight excluding hydrogens is 508 g/mol. The van der Waals surface area contributed by atoms with E-state index in [9.17, 15) is 14.4 Å². The van der Waals surface area contributed by atoms with E-state index in [0.717, 1.165) is 15.6 Å². The summed E-state index contributed by atoms with van der Waals surface area (Å²) in [7, 11) is 0. The average molecular weight is 535 g/mol. The van der Waals surface area contributed by atoms with Gasteiger partial charge in [0.05, 0.1) is 0 Å². The van der Waals surface area contributed by atoms with Crippen LogP contribution in [-0.2, 0) is 9.59 Å². The standard InChI is InChI=1S/C23H27BrN4O4S/c1-5-20(29)25-16-8-6-15(7-9-16)22(31)27-28-23(33)26-21(30)12-32-19-10-14(4)18(24)11-17(19)13(2)3/h6-11,13H,5,12H2,1-4H3,(H,25,29)(H,27,31)(H2,26,28,30,33). The minimum atomic E-state index is -0.465. The van der Waals surface area contributed by atoms with Crippen molar-refractivity contribution >= 4 is 56.7 Å². The molecule has 2 aromatic rings. The molecule has 33 heavy (non-hydrogen) atoms. The predicted octanol–water partition coefficient (Wildman–Crippen LogP) is 3.94. The smallest absolute Gasteiger partial charge is 0.269 e. The van der Waals surface area contributed by atoms with Crippen molar-refractivity contribution in [1.29, 1.82) is 0 Å². The first-order valence-corrected chi connectivity index (χ1v) is 11.5. The first kappa shape index (κ1) is 26.3. The molecule has 0 saturated carbocycles. The molecule has 0 spiro atoms. The van der Waals surface area contributed by atoms with Gasteiger partial charge in [-0.25, -0.2) is 0 Å². The van der Waals surface area contributed by atoms with E-state index in [0.29, 0.717) is 23.4 Å². The predicted molar refractivity (Wildman–Crippen MR) is 135 cm³/mol. The Balaban J connectivity index is 1.83. The number of ether oxygens (including phenoxy) is 1. The van der Waals surface area contributed by atoms with Crippen molar-refractivity contribution in [1.82, 2.24) is 16.2 Å². The molecule has 0 aliphatic heterocycles. The van der Waals surface area contributed by atoms with Crippen LogP contribution in [0.4, 0.5) is 5.69 Å². The number of benzene rings is 2. The molecule has 0 radical (unpaired) electrons. The van der Waals surface area contributed by atoms with Crippen molar-refractivity contribution in [2.45, 2.75) is 40.0 Å². The number of halogens is 1. The van der Waals surface area contributed by atoms with Gasteiger partial charge in [0.1, 0.15) is 5.75 Å². The van der Waals surface area contributed by atoms with Crippen LogP contribution in [-0.4, -0.2) is 29.4 Å². The third-order valence-corrected chi connectivity index (χ3v) is 5.62. The largest absolute Gasteiger partial charge is 0.483 e. The summed E-state index contributed by atoms with van der Waals surface area (Å²) >= 11 is 8.56. The maximum atomic E-state index is 12.2. The van der Waals surface area contributed by atoms with E-state index in [1.54, 1.807) is 31.2 Å². The van der Waals surface area contributed by atoms with Crippen molar-refractivity contribution in [2.24, 2.45) is 0 Å². The normalized spacial score (nSPS) is 10.4. The number of hydrogen-bond donors (Lipinski definition) is 4. The monoisotopic (exact) mass is 534 g/mol. The van der Waals surface area contributed by atoms with E-state index >= 15 is 0 Å². The number of amides is 3. The SMILES string of the molecule is CCC(=O)Nc1ccc(C(=O)NNC(=S)NC(=O)COc2cc(C)c(Br)cc2C(C)C)cc1. The average Bonchev–Trinajstić information content (AvgIpc) is 2.78. The molecule has 0 saturated heterocycles. The molecule has 0 aliphatic carbocycles. The Morgan fingerprint density at radius 1 is 1.06 bits per heavy atom.